The van der Waals surface area contributed by atoms with Gasteiger partial charge in [-0.05, 0) is 0 Å². The first kappa shape index (κ1) is 6.70. The van der Waals surface area contributed by atoms with Crippen LogP contribution in [-0.2, 0) is 4.74 Å². The molecular weight excluding hydrogens is 142 g/mol. The minimum absolute atomic E-state index is 0.255. The number of hydrogen-bond donors (Lipinski definition) is 3. The summed E-state index contributed by atoms with van der Waals surface area (Å²) in [5.41, 5.74) is 0. The Kier molecular flexibility index (Phi) is 1.54. The van der Waals surface area contributed by atoms with E-state index < -0.39 is 11.0 Å². The van der Waals surface area contributed by atoms with Gasteiger partial charge in [-0.3, -0.25) is 0 Å². The molecule has 0 aromatic rings. The van der Waals surface area contributed by atoms with Crippen LogP contribution in [0.4, 0.5) is 4.79 Å². The van der Waals surface area contributed by atoms with E-state index in [4.69, 9.17) is 5.11 Å². The van der Waals surface area contributed by atoms with Gasteiger partial charge >= 0.3 is 6.09 Å². The summed E-state index contributed by atoms with van der Waals surface area (Å²) in [6, 6.07) is 0. The standard InChI is InChI=1S/C4H7NO3S/c6-2-4(9)1-5-3(7)8-4/h6,9H,1-2H2,(H,5,7)/t4-/m1/s1. The number of nitrogens with one attached hydrogen (secondary N) is 1. The zero-order valence-corrected chi connectivity index (χ0v) is 5.52. The normalized spacial score (nSPS) is 33.8. The molecule has 0 unspecified atom stereocenters. The molecule has 1 rings (SSSR count). The lowest BCUT2D eigenvalue weighted by Gasteiger charge is -2.14. The van der Waals surface area contributed by atoms with E-state index in [1.165, 1.54) is 0 Å². The number of alkyl carbamates (subject to hydrolysis) is 1. The van der Waals surface area contributed by atoms with E-state index in [2.05, 4.69) is 22.7 Å². The minimum Gasteiger partial charge on any atom is -0.428 e. The zero-order chi connectivity index (χ0) is 6.91. The maximum Gasteiger partial charge on any atom is 0.408 e. The smallest absolute Gasteiger partial charge is 0.408 e. The Hall–Kier alpha value is -0.420. The van der Waals surface area contributed by atoms with Crippen LogP contribution in [0.25, 0.3) is 0 Å². The number of ether oxygens (including phenoxy) is 1. The predicted molar refractivity (Wildman–Crippen MR) is 33.3 cm³/mol. The van der Waals surface area contributed by atoms with E-state index in [1.807, 2.05) is 0 Å². The second-order valence-electron chi connectivity index (χ2n) is 1.85. The molecular formula is C4H7NO3S. The molecule has 2 N–H and O–H groups in total. The van der Waals surface area contributed by atoms with Gasteiger partial charge in [-0.15, -0.1) is 12.6 Å². The predicted octanol–water partition coefficient (Wildman–Crippen LogP) is -0.655. The first-order valence-electron chi connectivity index (χ1n) is 2.46. The van der Waals surface area contributed by atoms with Crippen molar-refractivity contribution in [1.82, 2.24) is 5.32 Å². The molecule has 1 heterocycles. The van der Waals surface area contributed by atoms with Gasteiger partial charge in [-0.25, -0.2) is 4.79 Å². The number of hydrogen-bond acceptors (Lipinski definition) is 4. The van der Waals surface area contributed by atoms with Crippen molar-refractivity contribution >= 4 is 18.7 Å². The molecule has 9 heavy (non-hydrogen) atoms. The Morgan fingerprint density at radius 1 is 2.00 bits per heavy atom. The van der Waals surface area contributed by atoms with Gasteiger partial charge in [0.15, 0.2) is 4.93 Å². The summed E-state index contributed by atoms with van der Waals surface area (Å²) in [6.07, 6.45) is -0.529. The number of amides is 1. The van der Waals surface area contributed by atoms with E-state index in [9.17, 15) is 4.79 Å². The third kappa shape index (κ3) is 1.28. The fourth-order valence-corrected chi connectivity index (χ4v) is 0.705. The summed E-state index contributed by atoms with van der Waals surface area (Å²) in [7, 11) is 0. The molecule has 0 radical (unpaired) electrons. The van der Waals surface area contributed by atoms with Gasteiger partial charge < -0.3 is 15.2 Å². The van der Waals surface area contributed by atoms with Crippen LogP contribution in [0.2, 0.25) is 0 Å². The number of cyclic esters (lactones) is 1. The third-order valence-corrected chi connectivity index (χ3v) is 1.43. The van der Waals surface area contributed by atoms with E-state index in [1.54, 1.807) is 0 Å². The highest BCUT2D eigenvalue weighted by Crippen LogP contribution is 2.18. The van der Waals surface area contributed by atoms with Gasteiger partial charge in [0.2, 0.25) is 0 Å². The van der Waals surface area contributed by atoms with Crippen LogP contribution < -0.4 is 5.32 Å². The van der Waals surface area contributed by atoms with Crippen LogP contribution in [0.3, 0.4) is 0 Å². The van der Waals surface area contributed by atoms with Crippen LogP contribution in [0.5, 0.6) is 0 Å². The lowest BCUT2D eigenvalue weighted by molar-refractivity contribution is 0.0750. The molecule has 4 nitrogen and oxygen atoms in total. The fraction of sp³-hybridized carbons (Fsp3) is 0.750. The molecule has 0 spiro atoms. The maximum atomic E-state index is 10.3. The Labute approximate surface area is 57.6 Å². The molecule has 0 bridgehead atoms. The second kappa shape index (κ2) is 2.07. The molecule has 1 aliphatic rings. The minimum atomic E-state index is -1.00. The molecule has 1 saturated heterocycles. The molecule has 0 aromatic heterocycles. The number of aliphatic hydroxyl groups is 1. The topological polar surface area (TPSA) is 58.6 Å². The van der Waals surface area contributed by atoms with Crippen molar-refractivity contribution in [2.24, 2.45) is 0 Å². The average molecular weight is 149 g/mol. The van der Waals surface area contributed by atoms with E-state index >= 15 is 0 Å². The van der Waals surface area contributed by atoms with E-state index in [-0.39, 0.29) is 13.2 Å². The van der Waals surface area contributed by atoms with Crippen molar-refractivity contribution in [1.29, 1.82) is 0 Å². The first-order chi connectivity index (χ1) is 4.16. The van der Waals surface area contributed by atoms with Crippen molar-refractivity contribution in [2.75, 3.05) is 13.2 Å². The van der Waals surface area contributed by atoms with Gasteiger partial charge in [0.1, 0.15) is 0 Å². The Morgan fingerprint density at radius 2 is 2.67 bits per heavy atom. The summed E-state index contributed by atoms with van der Waals surface area (Å²) < 4.78 is 4.56. The van der Waals surface area contributed by atoms with Crippen molar-refractivity contribution < 1.29 is 14.6 Å². The SMILES string of the molecule is O=C1NC[C@@](S)(CO)O1. The molecule has 0 aliphatic carbocycles. The van der Waals surface area contributed by atoms with Crippen LogP contribution in [0.1, 0.15) is 0 Å². The highest BCUT2D eigenvalue weighted by atomic mass is 32.1. The Bertz CT molecular complexity index is 140. The highest BCUT2D eigenvalue weighted by Gasteiger charge is 2.35. The number of thiol groups is 1. The zero-order valence-electron chi connectivity index (χ0n) is 4.63. The van der Waals surface area contributed by atoms with Crippen molar-refractivity contribution in [3.05, 3.63) is 0 Å². The number of carbonyl (C=O) groups excluding carboxylic acids is 1. The maximum absolute atomic E-state index is 10.3. The van der Waals surface area contributed by atoms with Crippen LogP contribution in [-0.4, -0.2) is 29.3 Å². The van der Waals surface area contributed by atoms with E-state index in [0.717, 1.165) is 0 Å². The average Bonchev–Trinajstić information content (AvgIpc) is 2.13. The summed E-state index contributed by atoms with van der Waals surface area (Å²) >= 11 is 3.88. The molecule has 1 aliphatic heterocycles. The van der Waals surface area contributed by atoms with Crippen molar-refractivity contribution in [3.8, 4) is 0 Å². The summed E-state index contributed by atoms with van der Waals surface area (Å²) in [4.78, 5) is 9.32. The van der Waals surface area contributed by atoms with Gasteiger partial charge in [-0.2, -0.15) is 0 Å². The quantitative estimate of drug-likeness (QED) is 0.434. The number of rotatable bonds is 1. The number of aliphatic hydroxyl groups excluding tert-OH is 1. The fourth-order valence-electron chi connectivity index (χ4n) is 0.543. The Balaban J connectivity index is 2.54. The third-order valence-electron chi connectivity index (χ3n) is 1.04. The molecule has 1 fully saturated rings. The van der Waals surface area contributed by atoms with Crippen LogP contribution >= 0.6 is 12.6 Å². The van der Waals surface area contributed by atoms with Gasteiger partial charge in [0, 0.05) is 0 Å². The Morgan fingerprint density at radius 3 is 2.89 bits per heavy atom. The number of carbonyl (C=O) groups is 1. The van der Waals surface area contributed by atoms with Crippen LogP contribution in [0.15, 0.2) is 0 Å². The lowest BCUT2D eigenvalue weighted by Crippen LogP contribution is -2.30. The highest BCUT2D eigenvalue weighted by molar-refractivity contribution is 7.81. The van der Waals surface area contributed by atoms with E-state index in [0.29, 0.717) is 0 Å². The molecule has 0 aromatic carbocycles. The largest absolute Gasteiger partial charge is 0.428 e. The van der Waals surface area contributed by atoms with Gasteiger partial charge in [0.25, 0.3) is 0 Å². The van der Waals surface area contributed by atoms with Crippen LogP contribution in [0, 0.1) is 0 Å². The molecule has 5 heteroatoms. The monoisotopic (exact) mass is 149 g/mol. The summed E-state index contributed by atoms with van der Waals surface area (Å²) in [5, 5.41) is 10.9. The first-order valence-corrected chi connectivity index (χ1v) is 2.91. The summed E-state index contributed by atoms with van der Waals surface area (Å²) in [5.74, 6) is 0. The molecule has 52 valence electrons. The lowest BCUT2D eigenvalue weighted by atomic mass is 10.4. The molecule has 1 atom stereocenters. The van der Waals surface area contributed by atoms with Crippen molar-refractivity contribution in [3.63, 3.8) is 0 Å². The van der Waals surface area contributed by atoms with Crippen molar-refractivity contribution in [2.45, 2.75) is 4.93 Å². The second-order valence-corrected chi connectivity index (χ2v) is 2.66. The molecule has 0 saturated carbocycles. The molecule has 1 amide bonds. The van der Waals surface area contributed by atoms with Gasteiger partial charge in [0.05, 0.1) is 13.2 Å². The summed E-state index contributed by atoms with van der Waals surface area (Å²) in [6.45, 7) is -0.0136. The van der Waals surface area contributed by atoms with Gasteiger partial charge in [-0.1, -0.05) is 0 Å².